The zero-order chi connectivity index (χ0) is 19.7. The second-order valence-electron chi connectivity index (χ2n) is 7.88. The van der Waals surface area contributed by atoms with Gasteiger partial charge >= 0.3 is 5.69 Å². The van der Waals surface area contributed by atoms with Gasteiger partial charge in [0, 0.05) is 12.1 Å². The van der Waals surface area contributed by atoms with Crippen molar-refractivity contribution in [1.82, 2.24) is 5.32 Å². The van der Waals surface area contributed by atoms with Crippen LogP contribution in [0.25, 0.3) is 0 Å². The fraction of sp³-hybridized carbons (Fsp3) is 0.476. The summed E-state index contributed by atoms with van der Waals surface area (Å²) >= 11 is 0. The molecule has 1 amide bonds. The monoisotopic (exact) mass is 384 g/mol. The van der Waals surface area contributed by atoms with E-state index in [0.29, 0.717) is 11.7 Å². The second-order valence-corrected chi connectivity index (χ2v) is 7.88. The van der Waals surface area contributed by atoms with E-state index in [1.807, 2.05) is 0 Å². The minimum Gasteiger partial charge on any atom is -0.479 e. The number of furan rings is 1. The van der Waals surface area contributed by atoms with E-state index in [4.69, 9.17) is 9.15 Å². The molecule has 148 valence electrons. The molecule has 4 rings (SSSR count). The minimum atomic E-state index is -0.493. The first-order valence-electron chi connectivity index (χ1n) is 9.77. The van der Waals surface area contributed by atoms with Gasteiger partial charge in [-0.05, 0) is 62.1 Å². The molecule has 2 fully saturated rings. The van der Waals surface area contributed by atoms with Crippen LogP contribution in [-0.4, -0.2) is 16.9 Å². The average molecular weight is 384 g/mol. The third-order valence-electron chi connectivity index (χ3n) is 6.11. The van der Waals surface area contributed by atoms with Gasteiger partial charge in [-0.1, -0.05) is 18.6 Å². The van der Waals surface area contributed by atoms with Crippen LogP contribution in [0.3, 0.4) is 0 Å². The molecule has 0 saturated heterocycles. The molecule has 7 heteroatoms. The molecular formula is C21H24N2O5. The van der Waals surface area contributed by atoms with E-state index in [1.165, 1.54) is 37.8 Å². The number of nitrogens with zero attached hydrogens (tertiary/aromatic N) is 1. The normalized spacial score (nSPS) is 24.1. The lowest BCUT2D eigenvalue weighted by molar-refractivity contribution is -0.386. The van der Waals surface area contributed by atoms with Gasteiger partial charge in [-0.3, -0.25) is 14.9 Å². The molecular weight excluding hydrogens is 360 g/mol. The van der Waals surface area contributed by atoms with E-state index in [0.717, 1.165) is 11.8 Å². The Bertz CT molecular complexity index is 877. The van der Waals surface area contributed by atoms with Gasteiger partial charge in [-0.2, -0.15) is 0 Å². The second kappa shape index (κ2) is 7.66. The average Bonchev–Trinajstić information content (AvgIpc) is 3.43. The Morgan fingerprint density at radius 3 is 2.82 bits per heavy atom. The number of hydrogen-bond donors (Lipinski definition) is 1. The Kier molecular flexibility index (Phi) is 5.07. The molecule has 2 aliphatic rings. The lowest BCUT2D eigenvalue weighted by atomic mass is 9.84. The molecule has 0 unspecified atom stereocenters. The maximum atomic E-state index is 12.5. The van der Waals surface area contributed by atoms with Crippen molar-refractivity contribution in [1.29, 1.82) is 0 Å². The van der Waals surface area contributed by atoms with Crippen molar-refractivity contribution in [3.63, 3.8) is 0 Å². The maximum absolute atomic E-state index is 12.5. The molecule has 2 saturated carbocycles. The smallest absolute Gasteiger partial charge is 0.310 e. The molecule has 7 nitrogen and oxygen atoms in total. The molecule has 0 spiro atoms. The summed E-state index contributed by atoms with van der Waals surface area (Å²) in [7, 11) is 0. The number of para-hydroxylation sites is 2. The van der Waals surface area contributed by atoms with Gasteiger partial charge in [0.2, 0.25) is 0 Å². The topological polar surface area (TPSA) is 94.6 Å². The SMILES string of the molecule is C[C@@H](NC(=O)c1ccc(COc2ccccc2[N+](=O)[O-])o1)[C@H]1C[C@H]2CC[C@H]1C2. The van der Waals surface area contributed by atoms with E-state index in [1.54, 1.807) is 24.3 Å². The zero-order valence-electron chi connectivity index (χ0n) is 15.8. The van der Waals surface area contributed by atoms with Gasteiger partial charge in [0.05, 0.1) is 4.92 Å². The van der Waals surface area contributed by atoms with Gasteiger partial charge < -0.3 is 14.5 Å². The van der Waals surface area contributed by atoms with Gasteiger partial charge in [0.15, 0.2) is 11.5 Å². The lowest BCUT2D eigenvalue weighted by Crippen LogP contribution is -2.40. The van der Waals surface area contributed by atoms with E-state index >= 15 is 0 Å². The van der Waals surface area contributed by atoms with E-state index < -0.39 is 4.92 Å². The summed E-state index contributed by atoms with van der Waals surface area (Å²) in [6.07, 6.45) is 5.13. The molecule has 4 atom stereocenters. The van der Waals surface area contributed by atoms with Crippen molar-refractivity contribution in [3.05, 3.63) is 58.0 Å². The Morgan fingerprint density at radius 2 is 2.11 bits per heavy atom. The molecule has 0 aliphatic heterocycles. The molecule has 28 heavy (non-hydrogen) atoms. The van der Waals surface area contributed by atoms with Crippen LogP contribution in [0.4, 0.5) is 5.69 Å². The minimum absolute atomic E-state index is 0.0140. The van der Waals surface area contributed by atoms with Crippen LogP contribution < -0.4 is 10.1 Å². The first-order chi connectivity index (χ1) is 13.5. The van der Waals surface area contributed by atoms with Gasteiger partial charge in [-0.15, -0.1) is 0 Å². The van der Waals surface area contributed by atoms with Crippen molar-refractivity contribution >= 4 is 11.6 Å². The number of nitro benzene ring substituents is 1. The van der Waals surface area contributed by atoms with E-state index in [-0.39, 0.29) is 35.8 Å². The highest BCUT2D eigenvalue weighted by atomic mass is 16.6. The third kappa shape index (κ3) is 3.74. The first kappa shape index (κ1) is 18.5. The maximum Gasteiger partial charge on any atom is 0.310 e. The number of carbonyl (C=O) groups excluding carboxylic acids is 1. The number of ether oxygens (including phenoxy) is 1. The van der Waals surface area contributed by atoms with Gasteiger partial charge in [0.25, 0.3) is 5.91 Å². The molecule has 1 heterocycles. The summed E-state index contributed by atoms with van der Waals surface area (Å²) < 4.78 is 11.1. The molecule has 2 bridgehead atoms. The molecule has 2 aliphatic carbocycles. The van der Waals surface area contributed by atoms with Crippen LogP contribution in [0.2, 0.25) is 0 Å². The Labute approximate surface area is 163 Å². The summed E-state index contributed by atoms with van der Waals surface area (Å²) in [6.45, 7) is 2.09. The number of amides is 1. The fourth-order valence-corrected chi connectivity index (χ4v) is 4.75. The lowest BCUT2D eigenvalue weighted by Gasteiger charge is -2.28. The number of benzene rings is 1. The Morgan fingerprint density at radius 1 is 1.29 bits per heavy atom. The van der Waals surface area contributed by atoms with Crippen molar-refractivity contribution in [2.24, 2.45) is 17.8 Å². The highest BCUT2D eigenvalue weighted by Crippen LogP contribution is 2.49. The van der Waals surface area contributed by atoms with Crippen LogP contribution >= 0.6 is 0 Å². The number of nitro groups is 1. The largest absolute Gasteiger partial charge is 0.479 e. The summed E-state index contributed by atoms with van der Waals surface area (Å²) in [6, 6.07) is 9.56. The number of fused-ring (bicyclic) bond motifs is 2. The molecule has 1 aromatic heterocycles. The zero-order valence-corrected chi connectivity index (χ0v) is 15.8. The molecule has 0 radical (unpaired) electrons. The molecule has 2 aromatic rings. The summed E-state index contributed by atoms with van der Waals surface area (Å²) in [5, 5.41) is 14.1. The van der Waals surface area contributed by atoms with Crippen molar-refractivity contribution < 1.29 is 18.9 Å². The third-order valence-corrected chi connectivity index (χ3v) is 6.11. The first-order valence-corrected chi connectivity index (χ1v) is 9.77. The van der Waals surface area contributed by atoms with E-state index in [2.05, 4.69) is 12.2 Å². The van der Waals surface area contributed by atoms with Crippen molar-refractivity contribution in [2.45, 2.75) is 45.3 Å². The summed E-state index contributed by atoms with van der Waals surface area (Å²) in [5.41, 5.74) is -0.105. The predicted octanol–water partition coefficient (Wildman–Crippen LogP) is 4.32. The Hall–Kier alpha value is -2.83. The molecule has 1 N–H and O–H groups in total. The summed E-state index contributed by atoms with van der Waals surface area (Å²) in [5.74, 6) is 2.74. The number of nitrogens with one attached hydrogen (secondary N) is 1. The molecule has 1 aromatic carbocycles. The van der Waals surface area contributed by atoms with Crippen LogP contribution in [0.1, 0.15) is 48.9 Å². The standard InChI is InChI=1S/C21H24N2O5/c1-13(17-11-14-6-7-15(17)10-14)22-21(24)20-9-8-16(28-20)12-27-19-5-3-2-4-18(19)23(25)26/h2-5,8-9,13-15,17H,6-7,10-12H2,1H3,(H,22,24)/t13-,14+,15+,17-/m1/s1. The number of rotatable bonds is 7. The number of hydrogen-bond acceptors (Lipinski definition) is 5. The van der Waals surface area contributed by atoms with Crippen LogP contribution in [0, 0.1) is 27.9 Å². The fourth-order valence-electron chi connectivity index (χ4n) is 4.75. The van der Waals surface area contributed by atoms with Gasteiger partial charge in [-0.25, -0.2) is 0 Å². The quantitative estimate of drug-likeness (QED) is 0.567. The predicted molar refractivity (Wildman–Crippen MR) is 102 cm³/mol. The van der Waals surface area contributed by atoms with Crippen LogP contribution in [0.15, 0.2) is 40.8 Å². The van der Waals surface area contributed by atoms with Crippen molar-refractivity contribution in [3.8, 4) is 5.75 Å². The van der Waals surface area contributed by atoms with Crippen LogP contribution in [-0.2, 0) is 6.61 Å². The van der Waals surface area contributed by atoms with Crippen molar-refractivity contribution in [2.75, 3.05) is 0 Å². The highest BCUT2D eigenvalue weighted by molar-refractivity contribution is 5.91. The van der Waals surface area contributed by atoms with Gasteiger partial charge in [0.1, 0.15) is 12.4 Å². The highest BCUT2D eigenvalue weighted by Gasteiger charge is 2.42. The number of carbonyl (C=O) groups is 1. The Balaban J connectivity index is 1.34. The summed E-state index contributed by atoms with van der Waals surface area (Å²) in [4.78, 5) is 23.1. The van der Waals surface area contributed by atoms with Crippen LogP contribution in [0.5, 0.6) is 5.75 Å². The van der Waals surface area contributed by atoms with E-state index in [9.17, 15) is 14.9 Å².